The molecule has 0 bridgehead atoms. The van der Waals surface area contributed by atoms with E-state index in [9.17, 15) is 9.90 Å². The van der Waals surface area contributed by atoms with Gasteiger partial charge in [0.05, 0.1) is 19.3 Å². The van der Waals surface area contributed by atoms with Crippen LogP contribution in [0.2, 0.25) is 5.02 Å². The van der Waals surface area contributed by atoms with Crippen molar-refractivity contribution in [2.45, 2.75) is 6.10 Å². The molecule has 1 unspecified atom stereocenters. The van der Waals surface area contributed by atoms with E-state index < -0.39 is 6.10 Å². The summed E-state index contributed by atoms with van der Waals surface area (Å²) >= 11 is 5.81. The number of β-amino-alcohol motifs (C(OH)–C–C–N with tert-alkyl or cyclic N) is 1. The number of aliphatic hydroxyl groups is 1. The molecule has 1 atom stereocenters. The molecule has 2 rings (SSSR count). The van der Waals surface area contributed by atoms with Gasteiger partial charge in [-0.05, 0) is 24.3 Å². The smallest absolute Gasteiger partial charge is 0.253 e. The molecule has 1 heterocycles. The molecule has 5 nitrogen and oxygen atoms in total. The van der Waals surface area contributed by atoms with Gasteiger partial charge in [0.2, 0.25) is 0 Å². The molecule has 0 aromatic heterocycles. The third-order valence-electron chi connectivity index (χ3n) is 3.50. The van der Waals surface area contributed by atoms with Crippen molar-refractivity contribution < 1.29 is 14.6 Å². The molecule has 0 aliphatic carbocycles. The molecular formula is C15H21ClN2O3. The van der Waals surface area contributed by atoms with E-state index in [0.717, 1.165) is 13.1 Å². The summed E-state index contributed by atoms with van der Waals surface area (Å²) in [4.78, 5) is 15.9. The summed E-state index contributed by atoms with van der Waals surface area (Å²) in [5.41, 5.74) is 0.570. The molecule has 1 N–H and O–H groups in total. The van der Waals surface area contributed by atoms with Gasteiger partial charge in [-0.15, -0.1) is 0 Å². The molecule has 0 saturated carbocycles. The molecule has 1 fully saturated rings. The van der Waals surface area contributed by atoms with Gasteiger partial charge in [-0.2, -0.15) is 0 Å². The molecule has 1 aromatic rings. The number of benzene rings is 1. The van der Waals surface area contributed by atoms with E-state index in [1.165, 1.54) is 4.90 Å². The van der Waals surface area contributed by atoms with Crippen LogP contribution in [0.5, 0.6) is 0 Å². The van der Waals surface area contributed by atoms with Gasteiger partial charge in [-0.25, -0.2) is 0 Å². The fourth-order valence-corrected chi connectivity index (χ4v) is 2.48. The lowest BCUT2D eigenvalue weighted by molar-refractivity contribution is 0.00879. The lowest BCUT2D eigenvalue weighted by Gasteiger charge is -2.30. The van der Waals surface area contributed by atoms with Crippen molar-refractivity contribution in [2.24, 2.45) is 0 Å². The number of likely N-dealkylation sites (N-methyl/N-ethyl adjacent to an activating group) is 1. The predicted molar refractivity (Wildman–Crippen MR) is 81.7 cm³/mol. The highest BCUT2D eigenvalue weighted by molar-refractivity contribution is 6.30. The number of rotatable bonds is 5. The van der Waals surface area contributed by atoms with Crippen LogP contribution >= 0.6 is 11.6 Å². The van der Waals surface area contributed by atoms with Crippen LogP contribution < -0.4 is 0 Å². The Balaban J connectivity index is 1.83. The largest absolute Gasteiger partial charge is 0.390 e. The predicted octanol–water partition coefficient (Wildman–Crippen LogP) is 1.11. The standard InChI is InChI=1S/C15H21ClN2O3/c1-17(15(20)12-2-4-13(16)5-3-12)10-14(19)11-18-6-8-21-9-7-18/h2-5,14,19H,6-11H2,1H3. The third-order valence-corrected chi connectivity index (χ3v) is 3.75. The van der Waals surface area contributed by atoms with Gasteiger partial charge in [0.25, 0.3) is 5.91 Å². The van der Waals surface area contributed by atoms with Gasteiger partial charge in [-0.1, -0.05) is 11.6 Å². The number of carbonyl (C=O) groups excluding carboxylic acids is 1. The number of hydrogen-bond donors (Lipinski definition) is 1. The minimum absolute atomic E-state index is 0.118. The van der Waals surface area contributed by atoms with E-state index in [1.807, 2.05) is 0 Å². The first-order chi connectivity index (χ1) is 10.1. The Morgan fingerprint density at radius 1 is 1.38 bits per heavy atom. The van der Waals surface area contributed by atoms with Crippen LogP contribution in [0.25, 0.3) is 0 Å². The second kappa shape index (κ2) is 7.75. The lowest BCUT2D eigenvalue weighted by atomic mass is 10.2. The second-order valence-corrected chi connectivity index (χ2v) is 5.70. The number of carbonyl (C=O) groups is 1. The molecule has 1 aliphatic rings. The molecule has 6 heteroatoms. The molecular weight excluding hydrogens is 292 g/mol. The molecule has 1 amide bonds. The monoisotopic (exact) mass is 312 g/mol. The first-order valence-corrected chi connectivity index (χ1v) is 7.43. The maximum Gasteiger partial charge on any atom is 0.253 e. The SMILES string of the molecule is CN(CC(O)CN1CCOCC1)C(=O)c1ccc(Cl)cc1. The first kappa shape index (κ1) is 16.2. The van der Waals surface area contributed by atoms with Crippen molar-refractivity contribution in [3.8, 4) is 0 Å². The minimum atomic E-state index is -0.565. The molecule has 116 valence electrons. The quantitative estimate of drug-likeness (QED) is 0.885. The van der Waals surface area contributed by atoms with Gasteiger partial charge >= 0.3 is 0 Å². The van der Waals surface area contributed by atoms with Gasteiger partial charge in [0, 0.05) is 43.8 Å². The molecule has 0 radical (unpaired) electrons. The topological polar surface area (TPSA) is 53.0 Å². The van der Waals surface area contributed by atoms with Gasteiger partial charge in [-0.3, -0.25) is 9.69 Å². The van der Waals surface area contributed by atoms with Crippen LogP contribution in [-0.2, 0) is 4.74 Å². The maximum atomic E-state index is 12.2. The van der Waals surface area contributed by atoms with Crippen LogP contribution in [-0.4, -0.2) is 73.4 Å². The molecule has 1 aromatic carbocycles. The minimum Gasteiger partial charge on any atom is -0.390 e. The molecule has 0 spiro atoms. The van der Waals surface area contributed by atoms with Crippen molar-refractivity contribution in [3.63, 3.8) is 0 Å². The van der Waals surface area contributed by atoms with Crippen molar-refractivity contribution in [1.29, 1.82) is 0 Å². The van der Waals surface area contributed by atoms with Gasteiger partial charge in [0.1, 0.15) is 0 Å². The number of hydrogen-bond acceptors (Lipinski definition) is 4. The van der Waals surface area contributed by atoms with E-state index in [0.29, 0.717) is 36.9 Å². The summed E-state index contributed by atoms with van der Waals surface area (Å²) in [7, 11) is 1.69. The highest BCUT2D eigenvalue weighted by Gasteiger charge is 2.19. The van der Waals surface area contributed by atoms with Crippen LogP contribution in [0.3, 0.4) is 0 Å². The van der Waals surface area contributed by atoms with Crippen molar-refractivity contribution in [3.05, 3.63) is 34.9 Å². The summed E-state index contributed by atoms with van der Waals surface area (Å²) in [6.45, 7) is 3.91. The Labute approximate surface area is 130 Å². The van der Waals surface area contributed by atoms with Crippen LogP contribution in [0.1, 0.15) is 10.4 Å². The highest BCUT2D eigenvalue weighted by atomic mass is 35.5. The van der Waals surface area contributed by atoms with Crippen LogP contribution in [0.15, 0.2) is 24.3 Å². The van der Waals surface area contributed by atoms with E-state index in [2.05, 4.69) is 4.90 Å². The number of aliphatic hydroxyl groups excluding tert-OH is 1. The Hall–Kier alpha value is -1.14. The number of amides is 1. The average molecular weight is 313 g/mol. The molecule has 1 aliphatic heterocycles. The summed E-state index contributed by atoms with van der Waals surface area (Å²) in [5.74, 6) is -0.118. The summed E-state index contributed by atoms with van der Waals surface area (Å²) in [6, 6.07) is 6.75. The number of ether oxygens (including phenoxy) is 1. The van der Waals surface area contributed by atoms with Gasteiger partial charge in [0.15, 0.2) is 0 Å². The highest BCUT2D eigenvalue weighted by Crippen LogP contribution is 2.11. The van der Waals surface area contributed by atoms with E-state index >= 15 is 0 Å². The summed E-state index contributed by atoms with van der Waals surface area (Å²) in [6.07, 6.45) is -0.565. The Morgan fingerprint density at radius 3 is 2.62 bits per heavy atom. The summed E-state index contributed by atoms with van der Waals surface area (Å²) in [5, 5.41) is 10.7. The number of nitrogens with zero attached hydrogens (tertiary/aromatic N) is 2. The number of halogens is 1. The second-order valence-electron chi connectivity index (χ2n) is 5.26. The van der Waals surface area contributed by atoms with Crippen LogP contribution in [0, 0.1) is 0 Å². The lowest BCUT2D eigenvalue weighted by Crippen LogP contribution is -2.45. The fourth-order valence-electron chi connectivity index (χ4n) is 2.35. The van der Waals surface area contributed by atoms with E-state index in [1.54, 1.807) is 31.3 Å². The van der Waals surface area contributed by atoms with Crippen molar-refractivity contribution in [2.75, 3.05) is 46.4 Å². The third kappa shape index (κ3) is 4.97. The normalized spacial score (nSPS) is 17.5. The van der Waals surface area contributed by atoms with Gasteiger partial charge < -0.3 is 14.7 Å². The number of morpholine rings is 1. The maximum absolute atomic E-state index is 12.2. The van der Waals surface area contributed by atoms with E-state index in [-0.39, 0.29) is 5.91 Å². The van der Waals surface area contributed by atoms with Crippen LogP contribution in [0.4, 0.5) is 0 Å². The summed E-state index contributed by atoms with van der Waals surface area (Å²) < 4.78 is 5.27. The van der Waals surface area contributed by atoms with E-state index in [4.69, 9.17) is 16.3 Å². The molecule has 21 heavy (non-hydrogen) atoms. The van der Waals surface area contributed by atoms with Crippen molar-refractivity contribution in [1.82, 2.24) is 9.80 Å². The Bertz CT molecular complexity index is 460. The zero-order valence-corrected chi connectivity index (χ0v) is 12.9. The average Bonchev–Trinajstić information content (AvgIpc) is 2.48. The Morgan fingerprint density at radius 2 is 2.00 bits per heavy atom. The Kier molecular flexibility index (Phi) is 5.99. The molecule has 1 saturated heterocycles. The fraction of sp³-hybridized carbons (Fsp3) is 0.533. The zero-order valence-electron chi connectivity index (χ0n) is 12.2. The van der Waals surface area contributed by atoms with Crippen molar-refractivity contribution >= 4 is 17.5 Å². The zero-order chi connectivity index (χ0) is 15.2. The first-order valence-electron chi connectivity index (χ1n) is 7.05.